The summed E-state index contributed by atoms with van der Waals surface area (Å²) in [5.74, 6) is -0.103. The van der Waals surface area contributed by atoms with Crippen LogP contribution in [0.4, 0.5) is 4.39 Å². The number of imidazole rings is 1. The molecule has 5 heteroatoms. The third-order valence-electron chi connectivity index (χ3n) is 4.27. The minimum Gasteiger partial charge on any atom is -0.489 e. The van der Waals surface area contributed by atoms with Crippen LogP contribution in [0.1, 0.15) is 0 Å². The van der Waals surface area contributed by atoms with Crippen molar-refractivity contribution in [1.29, 1.82) is 0 Å². The molecule has 4 aromatic rings. The highest BCUT2D eigenvalue weighted by molar-refractivity contribution is 5.78. The van der Waals surface area contributed by atoms with Crippen LogP contribution in [0.15, 0.2) is 85.5 Å². The molecule has 134 valence electrons. The van der Waals surface area contributed by atoms with E-state index in [2.05, 4.69) is 9.97 Å². The highest BCUT2D eigenvalue weighted by Crippen LogP contribution is 2.30. The number of nitrogens with zero attached hydrogens (tertiary/aromatic N) is 3. The van der Waals surface area contributed by atoms with Crippen molar-refractivity contribution in [2.75, 3.05) is 6.61 Å². The van der Waals surface area contributed by atoms with E-state index in [0.29, 0.717) is 13.2 Å². The maximum atomic E-state index is 13.7. The summed E-state index contributed by atoms with van der Waals surface area (Å²) in [6.07, 6.45) is 5.32. The van der Waals surface area contributed by atoms with Crippen molar-refractivity contribution >= 4 is 0 Å². The molecule has 0 aliphatic heterocycles. The van der Waals surface area contributed by atoms with Crippen LogP contribution >= 0.6 is 0 Å². The van der Waals surface area contributed by atoms with Gasteiger partial charge >= 0.3 is 0 Å². The molecule has 0 atom stereocenters. The maximum absolute atomic E-state index is 13.7. The molecule has 4 nitrogen and oxygen atoms in total. The van der Waals surface area contributed by atoms with Crippen molar-refractivity contribution in [1.82, 2.24) is 14.5 Å². The number of pyridine rings is 1. The highest BCUT2D eigenvalue weighted by atomic mass is 19.1. The molecule has 2 heterocycles. The van der Waals surface area contributed by atoms with Gasteiger partial charge in [-0.05, 0) is 24.3 Å². The average Bonchev–Trinajstić information content (AvgIpc) is 3.15. The molecular weight excluding hydrogens is 341 g/mol. The monoisotopic (exact) mass is 359 g/mol. The standard InChI is InChI=1S/C22H18FN3O/c23-19-8-4-5-9-20(19)27-15-14-26-16-25-21(17-6-2-1-3-7-17)22(26)18-10-12-24-13-11-18/h1-13,16H,14-15H2. The van der Waals surface area contributed by atoms with Crippen molar-refractivity contribution in [3.8, 4) is 28.3 Å². The van der Waals surface area contributed by atoms with Crippen LogP contribution in [0.5, 0.6) is 5.75 Å². The second-order valence-corrected chi connectivity index (χ2v) is 6.02. The Kier molecular flexibility index (Phi) is 4.92. The predicted molar refractivity (Wildman–Crippen MR) is 103 cm³/mol. The van der Waals surface area contributed by atoms with Crippen LogP contribution in [0.2, 0.25) is 0 Å². The molecule has 0 spiro atoms. The quantitative estimate of drug-likeness (QED) is 0.495. The summed E-state index contributed by atoms with van der Waals surface area (Å²) in [7, 11) is 0. The number of rotatable bonds is 6. The molecule has 0 N–H and O–H groups in total. The van der Waals surface area contributed by atoms with E-state index in [0.717, 1.165) is 22.5 Å². The fourth-order valence-electron chi connectivity index (χ4n) is 2.99. The van der Waals surface area contributed by atoms with Gasteiger partial charge in [-0.2, -0.15) is 0 Å². The lowest BCUT2D eigenvalue weighted by atomic mass is 10.1. The van der Waals surface area contributed by atoms with Gasteiger partial charge in [0, 0.05) is 23.5 Å². The van der Waals surface area contributed by atoms with E-state index in [9.17, 15) is 4.39 Å². The number of halogens is 1. The van der Waals surface area contributed by atoms with Crippen LogP contribution in [0, 0.1) is 5.82 Å². The Labute approximate surface area is 156 Å². The van der Waals surface area contributed by atoms with Gasteiger partial charge in [-0.25, -0.2) is 9.37 Å². The third-order valence-corrected chi connectivity index (χ3v) is 4.27. The van der Waals surface area contributed by atoms with Crippen molar-refractivity contribution in [3.05, 3.63) is 91.3 Å². The number of aromatic nitrogens is 3. The molecule has 0 unspecified atom stereocenters. The summed E-state index contributed by atoms with van der Waals surface area (Å²) in [6, 6.07) is 20.4. The Bertz CT molecular complexity index is 1020. The van der Waals surface area contributed by atoms with E-state index in [1.807, 2.05) is 47.0 Å². The smallest absolute Gasteiger partial charge is 0.165 e. The number of benzene rings is 2. The molecule has 2 aromatic carbocycles. The first kappa shape index (κ1) is 17.0. The summed E-state index contributed by atoms with van der Waals surface area (Å²) in [6.45, 7) is 0.884. The number of para-hydroxylation sites is 1. The molecule has 4 rings (SSSR count). The minimum atomic E-state index is -0.359. The number of hydrogen-bond donors (Lipinski definition) is 0. The van der Waals surface area contributed by atoms with Crippen molar-refractivity contribution in [3.63, 3.8) is 0 Å². The van der Waals surface area contributed by atoms with Crippen LogP contribution < -0.4 is 4.74 Å². The largest absolute Gasteiger partial charge is 0.489 e. The Morgan fingerprint density at radius 1 is 0.852 bits per heavy atom. The lowest BCUT2D eigenvalue weighted by Crippen LogP contribution is -2.09. The van der Waals surface area contributed by atoms with Gasteiger partial charge in [0.2, 0.25) is 0 Å². The van der Waals surface area contributed by atoms with E-state index in [1.165, 1.54) is 6.07 Å². The van der Waals surface area contributed by atoms with Crippen LogP contribution in [-0.2, 0) is 6.54 Å². The first-order valence-corrected chi connectivity index (χ1v) is 8.71. The molecular formula is C22H18FN3O. The average molecular weight is 359 g/mol. The van der Waals surface area contributed by atoms with Crippen LogP contribution in [0.25, 0.3) is 22.5 Å². The van der Waals surface area contributed by atoms with Gasteiger partial charge in [-0.3, -0.25) is 4.98 Å². The molecule has 0 fully saturated rings. The van der Waals surface area contributed by atoms with Gasteiger partial charge in [0.05, 0.1) is 24.3 Å². The Morgan fingerprint density at radius 3 is 2.37 bits per heavy atom. The first-order valence-electron chi connectivity index (χ1n) is 8.71. The van der Waals surface area contributed by atoms with Gasteiger partial charge < -0.3 is 9.30 Å². The van der Waals surface area contributed by atoms with Gasteiger partial charge in [-0.15, -0.1) is 0 Å². The summed E-state index contributed by atoms with van der Waals surface area (Å²) >= 11 is 0. The Balaban J connectivity index is 1.63. The predicted octanol–water partition coefficient (Wildman–Crippen LogP) is 4.83. The summed E-state index contributed by atoms with van der Waals surface area (Å²) in [5, 5.41) is 0. The molecule has 0 aliphatic rings. The Morgan fingerprint density at radius 2 is 1.59 bits per heavy atom. The molecule has 0 bridgehead atoms. The molecule has 0 saturated carbocycles. The Hall–Kier alpha value is -3.47. The van der Waals surface area contributed by atoms with E-state index >= 15 is 0 Å². The fourth-order valence-corrected chi connectivity index (χ4v) is 2.99. The van der Waals surface area contributed by atoms with Crippen LogP contribution in [0.3, 0.4) is 0 Å². The topological polar surface area (TPSA) is 39.9 Å². The van der Waals surface area contributed by atoms with E-state index in [4.69, 9.17) is 4.74 Å². The first-order chi connectivity index (χ1) is 13.3. The van der Waals surface area contributed by atoms with Gasteiger partial charge in [-0.1, -0.05) is 42.5 Å². The normalized spacial score (nSPS) is 10.7. The van der Waals surface area contributed by atoms with Crippen molar-refractivity contribution in [2.24, 2.45) is 0 Å². The van der Waals surface area contributed by atoms with E-state index in [-0.39, 0.29) is 11.6 Å². The lowest BCUT2D eigenvalue weighted by molar-refractivity contribution is 0.285. The zero-order chi connectivity index (χ0) is 18.5. The zero-order valence-corrected chi connectivity index (χ0v) is 14.6. The van der Waals surface area contributed by atoms with Crippen molar-refractivity contribution in [2.45, 2.75) is 6.54 Å². The van der Waals surface area contributed by atoms with Crippen LogP contribution in [-0.4, -0.2) is 21.1 Å². The zero-order valence-electron chi connectivity index (χ0n) is 14.6. The summed E-state index contributed by atoms with van der Waals surface area (Å²) in [5.41, 5.74) is 3.94. The molecule has 27 heavy (non-hydrogen) atoms. The second kappa shape index (κ2) is 7.83. The highest BCUT2D eigenvalue weighted by Gasteiger charge is 2.15. The maximum Gasteiger partial charge on any atom is 0.165 e. The SMILES string of the molecule is Fc1ccccc1OCCn1cnc(-c2ccccc2)c1-c1ccncc1. The molecule has 0 aliphatic carbocycles. The van der Waals surface area contributed by atoms with Gasteiger partial charge in [0.25, 0.3) is 0 Å². The minimum absolute atomic E-state index is 0.256. The molecule has 2 aromatic heterocycles. The fraction of sp³-hybridized carbons (Fsp3) is 0.0909. The molecule has 0 amide bonds. The summed E-state index contributed by atoms with van der Waals surface area (Å²) < 4.78 is 21.4. The number of ether oxygens (including phenoxy) is 1. The summed E-state index contributed by atoms with van der Waals surface area (Å²) in [4.78, 5) is 8.72. The molecule has 0 saturated heterocycles. The third kappa shape index (κ3) is 3.72. The van der Waals surface area contributed by atoms with Gasteiger partial charge in [0.1, 0.15) is 6.61 Å². The van der Waals surface area contributed by atoms with Crippen molar-refractivity contribution < 1.29 is 9.13 Å². The second-order valence-electron chi connectivity index (χ2n) is 6.02. The van der Waals surface area contributed by atoms with E-state index in [1.54, 1.807) is 36.9 Å². The molecule has 0 radical (unpaired) electrons. The lowest BCUT2D eigenvalue weighted by Gasteiger charge is -2.12. The van der Waals surface area contributed by atoms with E-state index < -0.39 is 0 Å². The van der Waals surface area contributed by atoms with Gasteiger partial charge in [0.15, 0.2) is 11.6 Å². The number of hydrogen-bond acceptors (Lipinski definition) is 3.